The van der Waals surface area contributed by atoms with Crippen molar-refractivity contribution in [1.82, 2.24) is 4.98 Å². The molecule has 5 aromatic rings. The molecule has 0 aliphatic rings. The quantitative estimate of drug-likeness (QED) is 0.342. The third kappa shape index (κ3) is 2.49. The second-order valence-electron chi connectivity index (χ2n) is 6.49. The summed E-state index contributed by atoms with van der Waals surface area (Å²) >= 11 is 6.03. The van der Waals surface area contributed by atoms with Crippen LogP contribution >= 0.6 is 11.6 Å². The molecular formula is C24H16ClN. The van der Waals surface area contributed by atoms with Gasteiger partial charge in [-0.2, -0.15) is 0 Å². The Morgan fingerprint density at radius 2 is 1.31 bits per heavy atom. The molecule has 0 unspecified atom stereocenters. The fourth-order valence-electron chi connectivity index (χ4n) is 3.62. The average molecular weight is 354 g/mol. The Bertz CT molecular complexity index is 1230. The van der Waals surface area contributed by atoms with Gasteiger partial charge in [-0.15, -0.1) is 0 Å². The fourth-order valence-corrected chi connectivity index (χ4v) is 3.75. The molecule has 1 nitrogen and oxygen atoms in total. The largest absolute Gasteiger partial charge is 0.354 e. The molecule has 1 aromatic heterocycles. The lowest BCUT2D eigenvalue weighted by Crippen LogP contribution is -1.83. The Morgan fingerprint density at radius 1 is 0.577 bits per heavy atom. The number of benzene rings is 4. The number of hydrogen-bond acceptors (Lipinski definition) is 0. The van der Waals surface area contributed by atoms with Gasteiger partial charge < -0.3 is 4.98 Å². The zero-order valence-corrected chi connectivity index (χ0v) is 14.8. The minimum atomic E-state index is 0.757. The summed E-state index contributed by atoms with van der Waals surface area (Å²) in [6.45, 7) is 0. The van der Waals surface area contributed by atoms with Crippen molar-refractivity contribution >= 4 is 33.4 Å². The maximum atomic E-state index is 6.03. The molecule has 1 N–H and O–H groups in total. The molecule has 0 aliphatic heterocycles. The Labute approximate surface area is 156 Å². The summed E-state index contributed by atoms with van der Waals surface area (Å²) in [4.78, 5) is 3.59. The monoisotopic (exact) mass is 353 g/mol. The molecule has 2 heteroatoms. The highest BCUT2D eigenvalue weighted by atomic mass is 35.5. The van der Waals surface area contributed by atoms with E-state index in [0.29, 0.717) is 0 Å². The van der Waals surface area contributed by atoms with E-state index >= 15 is 0 Å². The topological polar surface area (TPSA) is 15.8 Å². The van der Waals surface area contributed by atoms with Gasteiger partial charge in [-0.05, 0) is 41.0 Å². The zero-order chi connectivity index (χ0) is 17.5. The van der Waals surface area contributed by atoms with Gasteiger partial charge in [-0.1, -0.05) is 78.3 Å². The van der Waals surface area contributed by atoms with Crippen LogP contribution in [0.25, 0.3) is 44.1 Å². The summed E-state index contributed by atoms with van der Waals surface area (Å²) < 4.78 is 0. The number of nitrogens with one attached hydrogen (secondary N) is 1. The number of para-hydroxylation sites is 2. The van der Waals surface area contributed by atoms with Crippen LogP contribution in [0.2, 0.25) is 5.02 Å². The van der Waals surface area contributed by atoms with E-state index < -0.39 is 0 Å². The average Bonchev–Trinajstić information content (AvgIpc) is 3.07. The SMILES string of the molecule is Clc1ccc(-c2cccc(-c3cccc4c3[nH]c3ccccc34)c2)cc1. The van der Waals surface area contributed by atoms with Gasteiger partial charge in [0.05, 0.1) is 5.52 Å². The van der Waals surface area contributed by atoms with Crippen LogP contribution in [-0.2, 0) is 0 Å². The van der Waals surface area contributed by atoms with Crippen LogP contribution in [0, 0.1) is 0 Å². The molecule has 0 fully saturated rings. The first kappa shape index (κ1) is 15.2. The predicted octanol–water partition coefficient (Wildman–Crippen LogP) is 7.31. The molecule has 0 radical (unpaired) electrons. The molecule has 5 rings (SSSR count). The summed E-state index contributed by atoms with van der Waals surface area (Å²) in [6, 6.07) is 31.6. The normalized spacial score (nSPS) is 11.3. The molecule has 1 heterocycles. The van der Waals surface area contributed by atoms with Gasteiger partial charge in [0.25, 0.3) is 0 Å². The second-order valence-corrected chi connectivity index (χ2v) is 6.92. The van der Waals surface area contributed by atoms with E-state index in [1.807, 2.05) is 12.1 Å². The molecule has 0 aliphatic carbocycles. The van der Waals surface area contributed by atoms with Crippen molar-refractivity contribution in [2.45, 2.75) is 0 Å². The molecular weight excluding hydrogens is 338 g/mol. The Kier molecular flexibility index (Phi) is 3.55. The highest BCUT2D eigenvalue weighted by molar-refractivity contribution is 6.30. The summed E-state index contributed by atoms with van der Waals surface area (Å²) in [5, 5.41) is 3.28. The van der Waals surface area contributed by atoms with Gasteiger partial charge in [0.2, 0.25) is 0 Å². The van der Waals surface area contributed by atoms with Crippen molar-refractivity contribution in [3.63, 3.8) is 0 Å². The molecule has 0 spiro atoms. The molecule has 26 heavy (non-hydrogen) atoms. The van der Waals surface area contributed by atoms with Crippen LogP contribution in [0.5, 0.6) is 0 Å². The summed E-state index contributed by atoms with van der Waals surface area (Å²) in [6.07, 6.45) is 0. The highest BCUT2D eigenvalue weighted by Gasteiger charge is 2.10. The summed E-state index contributed by atoms with van der Waals surface area (Å²) in [5.74, 6) is 0. The van der Waals surface area contributed by atoms with Gasteiger partial charge in [0.15, 0.2) is 0 Å². The fraction of sp³-hybridized carbons (Fsp3) is 0. The van der Waals surface area contributed by atoms with Crippen LogP contribution in [0.1, 0.15) is 0 Å². The van der Waals surface area contributed by atoms with Gasteiger partial charge in [-0.25, -0.2) is 0 Å². The molecule has 0 atom stereocenters. The van der Waals surface area contributed by atoms with E-state index in [-0.39, 0.29) is 0 Å². The maximum absolute atomic E-state index is 6.03. The van der Waals surface area contributed by atoms with E-state index in [1.54, 1.807) is 0 Å². The molecule has 4 aromatic carbocycles. The van der Waals surface area contributed by atoms with E-state index in [4.69, 9.17) is 11.6 Å². The second kappa shape index (κ2) is 6.05. The van der Waals surface area contributed by atoms with Crippen molar-refractivity contribution in [2.24, 2.45) is 0 Å². The van der Waals surface area contributed by atoms with Crippen molar-refractivity contribution < 1.29 is 0 Å². The lowest BCUT2D eigenvalue weighted by molar-refractivity contribution is 1.53. The van der Waals surface area contributed by atoms with Crippen LogP contribution < -0.4 is 0 Å². The lowest BCUT2D eigenvalue weighted by Gasteiger charge is -2.08. The first-order chi connectivity index (χ1) is 12.8. The minimum absolute atomic E-state index is 0.757. The van der Waals surface area contributed by atoms with Crippen LogP contribution in [0.3, 0.4) is 0 Å². The first-order valence-electron chi connectivity index (χ1n) is 8.65. The van der Waals surface area contributed by atoms with Gasteiger partial charge in [0.1, 0.15) is 0 Å². The van der Waals surface area contributed by atoms with E-state index in [9.17, 15) is 0 Å². The zero-order valence-electron chi connectivity index (χ0n) is 14.0. The van der Waals surface area contributed by atoms with E-state index in [1.165, 1.54) is 44.1 Å². The minimum Gasteiger partial charge on any atom is -0.354 e. The van der Waals surface area contributed by atoms with E-state index in [0.717, 1.165) is 5.02 Å². The third-order valence-corrected chi connectivity index (χ3v) is 5.14. The van der Waals surface area contributed by atoms with Gasteiger partial charge in [-0.3, -0.25) is 0 Å². The van der Waals surface area contributed by atoms with E-state index in [2.05, 4.69) is 83.8 Å². The lowest BCUT2D eigenvalue weighted by atomic mass is 9.97. The molecule has 0 amide bonds. The van der Waals surface area contributed by atoms with Crippen molar-refractivity contribution in [3.05, 3.63) is 96.0 Å². The molecule has 0 saturated carbocycles. The molecule has 0 saturated heterocycles. The number of aromatic nitrogens is 1. The maximum Gasteiger partial charge on any atom is 0.0544 e. The van der Waals surface area contributed by atoms with Crippen molar-refractivity contribution in [3.8, 4) is 22.3 Å². The van der Waals surface area contributed by atoms with Crippen LogP contribution in [0.15, 0.2) is 91.0 Å². The van der Waals surface area contributed by atoms with Gasteiger partial charge >= 0.3 is 0 Å². The highest BCUT2D eigenvalue weighted by Crippen LogP contribution is 2.34. The number of hydrogen-bond donors (Lipinski definition) is 1. The smallest absolute Gasteiger partial charge is 0.0544 e. The molecule has 124 valence electrons. The predicted molar refractivity (Wildman–Crippen MR) is 112 cm³/mol. The number of rotatable bonds is 2. The number of aromatic amines is 1. The number of halogens is 1. The summed E-state index contributed by atoms with van der Waals surface area (Å²) in [7, 11) is 0. The van der Waals surface area contributed by atoms with Crippen LogP contribution in [-0.4, -0.2) is 4.98 Å². The van der Waals surface area contributed by atoms with Crippen molar-refractivity contribution in [2.75, 3.05) is 0 Å². The summed E-state index contributed by atoms with van der Waals surface area (Å²) in [5.41, 5.74) is 7.13. The van der Waals surface area contributed by atoms with Gasteiger partial charge in [0, 0.05) is 26.9 Å². The Balaban J connectivity index is 1.71. The van der Waals surface area contributed by atoms with Crippen LogP contribution in [0.4, 0.5) is 0 Å². The Morgan fingerprint density at radius 3 is 2.19 bits per heavy atom. The Hall–Kier alpha value is -3.03. The third-order valence-electron chi connectivity index (χ3n) is 4.89. The number of H-pyrrole nitrogens is 1. The van der Waals surface area contributed by atoms with Crippen molar-refractivity contribution in [1.29, 1.82) is 0 Å². The first-order valence-corrected chi connectivity index (χ1v) is 9.03. The standard InChI is InChI=1S/C24H16ClN/c25-19-13-11-16(12-14-19)17-5-3-6-18(15-17)20-8-4-9-22-21-7-1-2-10-23(21)26-24(20)22/h1-15,26H. The molecule has 0 bridgehead atoms. The number of fused-ring (bicyclic) bond motifs is 3.